The summed E-state index contributed by atoms with van der Waals surface area (Å²) in [6.07, 6.45) is 3.39. The zero-order chi connectivity index (χ0) is 5.98. The molecule has 0 aliphatic carbocycles. The second-order valence-corrected chi connectivity index (χ2v) is 1.80. The number of carbonyl (C=O) groups excluding carboxylic acids is 1. The quantitative estimate of drug-likeness (QED) is 0.502. The first-order valence-electron chi connectivity index (χ1n) is 2.74. The Labute approximate surface area is 48.1 Å². The van der Waals surface area contributed by atoms with E-state index in [0.29, 0.717) is 0 Å². The SMILES string of the molecule is CCCC1=COC1=O. The molecular formula is C6H8O2. The van der Waals surface area contributed by atoms with E-state index in [2.05, 4.69) is 4.74 Å². The lowest BCUT2D eigenvalue weighted by Crippen LogP contribution is -2.13. The van der Waals surface area contributed by atoms with Crippen molar-refractivity contribution in [3.63, 3.8) is 0 Å². The minimum absolute atomic E-state index is 0.146. The molecule has 0 saturated carbocycles. The number of carbonyl (C=O) groups is 1. The summed E-state index contributed by atoms with van der Waals surface area (Å²) >= 11 is 0. The van der Waals surface area contributed by atoms with E-state index in [1.165, 1.54) is 6.26 Å². The van der Waals surface area contributed by atoms with Gasteiger partial charge in [0.05, 0.1) is 5.57 Å². The van der Waals surface area contributed by atoms with Gasteiger partial charge < -0.3 is 4.74 Å². The number of cyclic esters (lactones) is 1. The molecule has 0 spiro atoms. The van der Waals surface area contributed by atoms with Crippen LogP contribution in [-0.2, 0) is 9.53 Å². The summed E-state index contributed by atoms with van der Waals surface area (Å²) < 4.78 is 4.39. The van der Waals surface area contributed by atoms with Crippen molar-refractivity contribution in [1.82, 2.24) is 0 Å². The van der Waals surface area contributed by atoms with E-state index in [1.807, 2.05) is 6.92 Å². The molecular weight excluding hydrogens is 104 g/mol. The highest BCUT2D eigenvalue weighted by atomic mass is 16.5. The Hall–Kier alpha value is -0.790. The minimum atomic E-state index is -0.146. The Bertz CT molecular complexity index is 135. The van der Waals surface area contributed by atoms with Gasteiger partial charge in [0, 0.05) is 0 Å². The third-order valence-electron chi connectivity index (χ3n) is 1.09. The first-order valence-corrected chi connectivity index (χ1v) is 2.74. The molecule has 0 unspecified atom stereocenters. The molecule has 0 saturated heterocycles. The lowest BCUT2D eigenvalue weighted by Gasteiger charge is -2.10. The number of rotatable bonds is 2. The fourth-order valence-corrected chi connectivity index (χ4v) is 0.621. The van der Waals surface area contributed by atoms with Crippen molar-refractivity contribution >= 4 is 5.97 Å². The van der Waals surface area contributed by atoms with Crippen LogP contribution in [0.4, 0.5) is 0 Å². The molecule has 2 heteroatoms. The van der Waals surface area contributed by atoms with Gasteiger partial charge in [-0.05, 0) is 6.42 Å². The summed E-state index contributed by atoms with van der Waals surface area (Å²) in [5.41, 5.74) is 0.826. The summed E-state index contributed by atoms with van der Waals surface area (Å²) in [5.74, 6) is -0.146. The predicted molar refractivity (Wildman–Crippen MR) is 29.1 cm³/mol. The van der Waals surface area contributed by atoms with Gasteiger partial charge in [0.2, 0.25) is 0 Å². The smallest absolute Gasteiger partial charge is 0.341 e. The van der Waals surface area contributed by atoms with E-state index in [4.69, 9.17) is 0 Å². The van der Waals surface area contributed by atoms with Crippen LogP contribution in [0.15, 0.2) is 11.8 Å². The highest BCUT2D eigenvalue weighted by Crippen LogP contribution is 2.14. The number of ether oxygens (including phenoxy) is 1. The van der Waals surface area contributed by atoms with Crippen LogP contribution in [0.5, 0.6) is 0 Å². The van der Waals surface area contributed by atoms with Crippen LogP contribution in [-0.4, -0.2) is 5.97 Å². The molecule has 1 aliphatic heterocycles. The average Bonchev–Trinajstić information content (AvgIpc) is 1.79. The Morgan fingerprint density at radius 2 is 2.50 bits per heavy atom. The van der Waals surface area contributed by atoms with E-state index in [0.717, 1.165) is 18.4 Å². The van der Waals surface area contributed by atoms with Gasteiger partial charge >= 0.3 is 5.97 Å². The normalized spacial score (nSPS) is 16.6. The second kappa shape index (κ2) is 1.99. The highest BCUT2D eigenvalue weighted by molar-refractivity contribution is 5.93. The third kappa shape index (κ3) is 0.735. The van der Waals surface area contributed by atoms with Crippen molar-refractivity contribution in [2.75, 3.05) is 0 Å². The molecule has 0 aromatic carbocycles. The van der Waals surface area contributed by atoms with Crippen molar-refractivity contribution < 1.29 is 9.53 Å². The first kappa shape index (κ1) is 5.35. The fourth-order valence-electron chi connectivity index (χ4n) is 0.621. The molecule has 0 bridgehead atoms. The van der Waals surface area contributed by atoms with E-state index in [-0.39, 0.29) is 5.97 Å². The van der Waals surface area contributed by atoms with Crippen LogP contribution >= 0.6 is 0 Å². The van der Waals surface area contributed by atoms with Gasteiger partial charge in [-0.3, -0.25) is 0 Å². The van der Waals surface area contributed by atoms with Gasteiger partial charge in [-0.25, -0.2) is 4.79 Å². The average molecular weight is 112 g/mol. The molecule has 8 heavy (non-hydrogen) atoms. The molecule has 2 nitrogen and oxygen atoms in total. The molecule has 0 fully saturated rings. The summed E-state index contributed by atoms with van der Waals surface area (Å²) in [4.78, 5) is 10.3. The molecule has 1 heterocycles. The van der Waals surface area contributed by atoms with Gasteiger partial charge in [-0.2, -0.15) is 0 Å². The molecule has 0 aromatic rings. The third-order valence-corrected chi connectivity index (χ3v) is 1.09. The maximum Gasteiger partial charge on any atom is 0.341 e. The van der Waals surface area contributed by atoms with Crippen LogP contribution < -0.4 is 0 Å². The predicted octanol–water partition coefficient (Wildman–Crippen LogP) is 1.23. The minimum Gasteiger partial charge on any atom is -0.430 e. The van der Waals surface area contributed by atoms with Crippen LogP contribution in [0.25, 0.3) is 0 Å². The molecule has 44 valence electrons. The summed E-state index contributed by atoms with van der Waals surface area (Å²) in [5, 5.41) is 0. The van der Waals surface area contributed by atoms with Gasteiger partial charge in [0.15, 0.2) is 0 Å². The first-order chi connectivity index (χ1) is 3.84. The second-order valence-electron chi connectivity index (χ2n) is 1.80. The largest absolute Gasteiger partial charge is 0.430 e. The van der Waals surface area contributed by atoms with Crippen molar-refractivity contribution in [3.8, 4) is 0 Å². The molecule has 0 aromatic heterocycles. The Morgan fingerprint density at radius 1 is 1.75 bits per heavy atom. The van der Waals surface area contributed by atoms with Crippen LogP contribution in [0, 0.1) is 0 Å². The van der Waals surface area contributed by atoms with Crippen LogP contribution in [0.2, 0.25) is 0 Å². The molecule has 0 radical (unpaired) electrons. The molecule has 1 aliphatic rings. The van der Waals surface area contributed by atoms with Gasteiger partial charge in [0.25, 0.3) is 0 Å². The van der Waals surface area contributed by atoms with E-state index in [1.54, 1.807) is 0 Å². The zero-order valence-electron chi connectivity index (χ0n) is 4.81. The van der Waals surface area contributed by atoms with E-state index in [9.17, 15) is 4.79 Å². The maximum atomic E-state index is 10.3. The summed E-state index contributed by atoms with van der Waals surface area (Å²) in [6, 6.07) is 0. The van der Waals surface area contributed by atoms with Crippen LogP contribution in [0.3, 0.4) is 0 Å². The Kier molecular flexibility index (Phi) is 1.33. The standard InChI is InChI=1S/C6H8O2/c1-2-3-5-4-8-6(5)7/h4H,2-3H2,1H3. The van der Waals surface area contributed by atoms with E-state index < -0.39 is 0 Å². The number of esters is 1. The van der Waals surface area contributed by atoms with Crippen LogP contribution in [0.1, 0.15) is 19.8 Å². The Morgan fingerprint density at radius 3 is 2.62 bits per heavy atom. The summed E-state index contributed by atoms with van der Waals surface area (Å²) in [7, 11) is 0. The van der Waals surface area contributed by atoms with Gasteiger partial charge in [-0.15, -0.1) is 0 Å². The Balaban J connectivity index is 2.37. The van der Waals surface area contributed by atoms with Crippen molar-refractivity contribution in [2.24, 2.45) is 0 Å². The summed E-state index contributed by atoms with van der Waals surface area (Å²) in [6.45, 7) is 2.03. The topological polar surface area (TPSA) is 26.3 Å². The van der Waals surface area contributed by atoms with E-state index >= 15 is 0 Å². The van der Waals surface area contributed by atoms with Gasteiger partial charge in [0.1, 0.15) is 6.26 Å². The maximum absolute atomic E-state index is 10.3. The lowest BCUT2D eigenvalue weighted by atomic mass is 10.1. The van der Waals surface area contributed by atoms with Gasteiger partial charge in [-0.1, -0.05) is 13.3 Å². The van der Waals surface area contributed by atoms with Crippen molar-refractivity contribution in [1.29, 1.82) is 0 Å². The lowest BCUT2D eigenvalue weighted by molar-refractivity contribution is -0.138. The molecule has 0 amide bonds. The monoisotopic (exact) mass is 112 g/mol. The fraction of sp³-hybridized carbons (Fsp3) is 0.500. The zero-order valence-corrected chi connectivity index (χ0v) is 4.81. The van der Waals surface area contributed by atoms with Crippen molar-refractivity contribution in [2.45, 2.75) is 19.8 Å². The number of hydrogen-bond donors (Lipinski definition) is 0. The molecule has 1 rings (SSSR count). The van der Waals surface area contributed by atoms with Crippen molar-refractivity contribution in [3.05, 3.63) is 11.8 Å². The highest BCUT2D eigenvalue weighted by Gasteiger charge is 2.17. The molecule has 0 N–H and O–H groups in total. The molecule has 0 atom stereocenters. The number of hydrogen-bond acceptors (Lipinski definition) is 2.